The summed E-state index contributed by atoms with van der Waals surface area (Å²) in [4.78, 5) is 46.9. The Labute approximate surface area is 258 Å². The molecule has 3 heterocycles. The molecule has 9 heteroatoms. The van der Waals surface area contributed by atoms with Gasteiger partial charge in [-0.1, -0.05) is 82.6 Å². The highest BCUT2D eigenvalue weighted by molar-refractivity contribution is 9.10. The number of nitrogens with zero attached hydrogens (tertiary/aromatic N) is 2. The number of hydrogen-bond acceptors (Lipinski definition) is 6. The van der Waals surface area contributed by atoms with Crippen LogP contribution in [0, 0.1) is 17.3 Å². The van der Waals surface area contributed by atoms with Gasteiger partial charge in [-0.05, 0) is 61.8 Å². The number of thiazole rings is 1. The van der Waals surface area contributed by atoms with E-state index in [9.17, 15) is 19.5 Å². The number of fused-ring (bicyclic) bond motifs is 3. The molecule has 3 aliphatic rings. The molecule has 5 atom stereocenters. The van der Waals surface area contributed by atoms with Crippen molar-refractivity contribution in [2.45, 2.75) is 69.9 Å². The van der Waals surface area contributed by atoms with Crippen LogP contribution in [-0.2, 0) is 20.8 Å². The van der Waals surface area contributed by atoms with Crippen molar-refractivity contribution in [1.29, 1.82) is 0 Å². The third-order valence-electron chi connectivity index (χ3n) is 9.03. The quantitative estimate of drug-likeness (QED) is 0.304. The standard InChI is InChI=1S/C33H35BrN2O5S/c34-24-13-14-26-29(16-24)42-32(35-26)41-25-17-27-28(37)19-33(31(39)40)18-23(33)12-8-3-1-2-7-11-22(30(38)36(27)20-25)15-21-9-5-4-6-10-21/h4-6,8-10,12-14,16,22-23,25,27H,1-3,7,11,15,17-20H2,(H,39,40)/b12-8-/t22-,23-,25-,27+,33-/m1/s1. The highest BCUT2D eigenvalue weighted by atomic mass is 79.9. The lowest BCUT2D eigenvalue weighted by atomic mass is 9.90. The number of carbonyl (C=O) groups is 3. The van der Waals surface area contributed by atoms with Crippen LogP contribution in [0.5, 0.6) is 5.19 Å². The van der Waals surface area contributed by atoms with Crippen molar-refractivity contribution in [2.75, 3.05) is 6.54 Å². The predicted octanol–water partition coefficient (Wildman–Crippen LogP) is 6.84. The van der Waals surface area contributed by atoms with Crippen molar-refractivity contribution in [2.24, 2.45) is 17.3 Å². The number of ether oxygens (including phenoxy) is 1. The summed E-state index contributed by atoms with van der Waals surface area (Å²) in [6.45, 7) is 0.281. The van der Waals surface area contributed by atoms with Crippen molar-refractivity contribution >= 4 is 55.1 Å². The molecule has 220 valence electrons. The van der Waals surface area contributed by atoms with Gasteiger partial charge in [-0.3, -0.25) is 14.4 Å². The molecule has 1 aromatic heterocycles. The average Bonchev–Trinajstić information content (AvgIpc) is 3.29. The molecule has 7 nitrogen and oxygen atoms in total. The molecule has 1 saturated heterocycles. The summed E-state index contributed by atoms with van der Waals surface area (Å²) in [6, 6.07) is 15.2. The molecule has 1 amide bonds. The lowest BCUT2D eigenvalue weighted by molar-refractivity contribution is -0.147. The molecule has 2 aliphatic heterocycles. The van der Waals surface area contributed by atoms with E-state index in [1.54, 1.807) is 4.90 Å². The first-order valence-corrected chi connectivity index (χ1v) is 16.4. The second-order valence-corrected chi connectivity index (χ2v) is 13.9. The summed E-state index contributed by atoms with van der Waals surface area (Å²) < 4.78 is 8.26. The van der Waals surface area contributed by atoms with Crippen molar-refractivity contribution in [1.82, 2.24) is 9.88 Å². The minimum absolute atomic E-state index is 0.0405. The largest absolute Gasteiger partial charge is 0.481 e. The fraction of sp³-hybridized carbons (Fsp3) is 0.455. The number of benzene rings is 2. The number of hydrogen-bond donors (Lipinski definition) is 1. The molecule has 0 spiro atoms. The number of allylic oxidation sites excluding steroid dienone is 2. The summed E-state index contributed by atoms with van der Waals surface area (Å²) in [5.74, 6) is -1.56. The van der Waals surface area contributed by atoms with E-state index in [1.165, 1.54) is 11.3 Å². The molecule has 2 fully saturated rings. The first-order valence-electron chi connectivity index (χ1n) is 14.8. The molecule has 3 aromatic rings. The number of aliphatic carboxylic acids is 1. The molecule has 0 unspecified atom stereocenters. The first kappa shape index (κ1) is 29.1. The zero-order valence-corrected chi connectivity index (χ0v) is 25.8. The van der Waals surface area contributed by atoms with Gasteiger partial charge in [-0.2, -0.15) is 0 Å². The summed E-state index contributed by atoms with van der Waals surface area (Å²) in [5, 5.41) is 10.6. The van der Waals surface area contributed by atoms with Crippen LogP contribution in [0.2, 0.25) is 0 Å². The summed E-state index contributed by atoms with van der Waals surface area (Å²) >= 11 is 4.94. The number of rotatable bonds is 5. The molecule has 6 rings (SSSR count). The molecule has 0 bridgehead atoms. The molecular formula is C33H35BrN2O5S. The average molecular weight is 652 g/mol. The molecule has 1 aliphatic carbocycles. The lowest BCUT2D eigenvalue weighted by Crippen LogP contribution is -2.45. The topological polar surface area (TPSA) is 96.8 Å². The maximum Gasteiger partial charge on any atom is 0.310 e. The zero-order valence-electron chi connectivity index (χ0n) is 23.4. The van der Waals surface area contributed by atoms with Crippen LogP contribution in [-0.4, -0.2) is 51.3 Å². The van der Waals surface area contributed by atoms with E-state index in [-0.39, 0.29) is 36.5 Å². The fourth-order valence-corrected chi connectivity index (χ4v) is 8.01. The van der Waals surface area contributed by atoms with Gasteiger partial charge in [0.2, 0.25) is 5.91 Å². The Morgan fingerprint density at radius 1 is 1.14 bits per heavy atom. The highest BCUT2D eigenvalue weighted by Gasteiger charge is 2.61. The lowest BCUT2D eigenvalue weighted by Gasteiger charge is -2.29. The minimum Gasteiger partial charge on any atom is -0.481 e. The number of carboxylic acid groups (broad SMARTS) is 1. The number of carboxylic acids is 1. The van der Waals surface area contributed by atoms with Gasteiger partial charge in [0.25, 0.3) is 5.19 Å². The Bertz CT molecular complexity index is 1510. The van der Waals surface area contributed by atoms with Gasteiger partial charge < -0.3 is 14.7 Å². The van der Waals surface area contributed by atoms with Crippen molar-refractivity contribution < 1.29 is 24.2 Å². The Morgan fingerprint density at radius 2 is 1.98 bits per heavy atom. The van der Waals surface area contributed by atoms with E-state index >= 15 is 0 Å². The number of Topliss-reactive ketones (excluding diaryl/α,β-unsaturated/α-hetero) is 1. The van der Waals surface area contributed by atoms with Gasteiger partial charge >= 0.3 is 5.97 Å². The summed E-state index contributed by atoms with van der Waals surface area (Å²) in [6.07, 6.45) is 9.54. The fourth-order valence-electron chi connectivity index (χ4n) is 6.58. The van der Waals surface area contributed by atoms with E-state index in [1.807, 2.05) is 54.6 Å². The second kappa shape index (κ2) is 12.3. The van der Waals surface area contributed by atoms with Crippen molar-refractivity contribution in [3.8, 4) is 5.19 Å². The Hall–Kier alpha value is -3.04. The van der Waals surface area contributed by atoms with Crippen molar-refractivity contribution in [3.63, 3.8) is 0 Å². The van der Waals surface area contributed by atoms with E-state index in [0.29, 0.717) is 24.5 Å². The van der Waals surface area contributed by atoms with E-state index < -0.39 is 23.5 Å². The van der Waals surface area contributed by atoms with Crippen LogP contribution in [0.25, 0.3) is 10.2 Å². The first-order chi connectivity index (χ1) is 20.3. The van der Waals surface area contributed by atoms with Gasteiger partial charge in [-0.15, -0.1) is 0 Å². The van der Waals surface area contributed by atoms with Crippen LogP contribution < -0.4 is 4.74 Å². The smallest absolute Gasteiger partial charge is 0.310 e. The normalized spacial score (nSPS) is 29.3. The number of aromatic nitrogens is 1. The molecule has 42 heavy (non-hydrogen) atoms. The van der Waals surface area contributed by atoms with Gasteiger partial charge in [0.1, 0.15) is 6.10 Å². The minimum atomic E-state index is -1.08. The third-order valence-corrected chi connectivity index (χ3v) is 10.4. The Balaban J connectivity index is 1.28. The SMILES string of the molecule is O=C1C[C@]2(C(=O)O)C[C@H]2/C=C\CCCCC[C@H](Cc2ccccc2)C(=O)N2C[C@H](Oc3nc4ccc(Br)cc4s3)C[C@@H]12. The highest BCUT2D eigenvalue weighted by Crippen LogP contribution is 2.57. The molecular weight excluding hydrogens is 616 g/mol. The molecule has 1 N–H and O–H groups in total. The van der Waals surface area contributed by atoms with Crippen LogP contribution in [0.15, 0.2) is 65.2 Å². The van der Waals surface area contributed by atoms with Crippen LogP contribution in [0.3, 0.4) is 0 Å². The third kappa shape index (κ3) is 6.18. The molecule has 2 aromatic carbocycles. The van der Waals surface area contributed by atoms with Gasteiger partial charge in [-0.25, -0.2) is 4.98 Å². The molecule has 0 radical (unpaired) electrons. The number of ketones is 1. The maximum absolute atomic E-state index is 14.3. The van der Waals surface area contributed by atoms with E-state index in [2.05, 4.69) is 27.0 Å². The van der Waals surface area contributed by atoms with Gasteiger partial charge in [0.15, 0.2) is 5.78 Å². The van der Waals surface area contributed by atoms with Gasteiger partial charge in [0, 0.05) is 23.2 Å². The van der Waals surface area contributed by atoms with Crippen LogP contribution in [0.4, 0.5) is 0 Å². The van der Waals surface area contributed by atoms with Gasteiger partial charge in [0.05, 0.1) is 28.2 Å². The number of carbonyl (C=O) groups excluding carboxylic acids is 2. The second-order valence-electron chi connectivity index (χ2n) is 11.9. The Morgan fingerprint density at radius 3 is 2.79 bits per heavy atom. The monoisotopic (exact) mass is 650 g/mol. The maximum atomic E-state index is 14.3. The summed E-state index contributed by atoms with van der Waals surface area (Å²) in [7, 11) is 0. The predicted molar refractivity (Wildman–Crippen MR) is 166 cm³/mol. The number of halogens is 1. The van der Waals surface area contributed by atoms with Crippen LogP contribution >= 0.6 is 27.3 Å². The van der Waals surface area contributed by atoms with E-state index in [4.69, 9.17) is 4.74 Å². The van der Waals surface area contributed by atoms with E-state index in [0.717, 1.165) is 52.4 Å². The van der Waals surface area contributed by atoms with Crippen LogP contribution in [0.1, 0.15) is 56.9 Å². The molecule has 1 saturated carbocycles. The zero-order chi connectivity index (χ0) is 29.3. The van der Waals surface area contributed by atoms with Crippen molar-refractivity contribution in [3.05, 3.63) is 70.7 Å². The Kier molecular flexibility index (Phi) is 8.50. The number of amides is 1. The summed E-state index contributed by atoms with van der Waals surface area (Å²) in [5.41, 5.74) is 0.848.